The van der Waals surface area contributed by atoms with Gasteiger partial charge in [0.15, 0.2) is 12.9 Å². The van der Waals surface area contributed by atoms with E-state index in [1.807, 2.05) is 29.2 Å². The Kier molecular flexibility index (Phi) is 7.68. The number of nitrogens with zero attached hydrogens (tertiary/aromatic N) is 5. The summed E-state index contributed by atoms with van der Waals surface area (Å²) >= 11 is 0. The molecule has 1 N–H and O–H groups in total. The summed E-state index contributed by atoms with van der Waals surface area (Å²) in [6, 6.07) is 28.2. The number of aromatic nitrogens is 4. The molecule has 0 unspecified atom stereocenters. The Bertz CT molecular complexity index is 1440. The third-order valence-corrected chi connectivity index (χ3v) is 7.99. The Morgan fingerprint density at radius 1 is 0.923 bits per heavy atom. The van der Waals surface area contributed by atoms with E-state index in [9.17, 15) is 0 Å². The van der Waals surface area contributed by atoms with Gasteiger partial charge >= 0.3 is 0 Å². The number of likely N-dealkylation sites (tertiary alicyclic amines) is 1. The number of hydrogen-bond acceptors (Lipinski definition) is 5. The van der Waals surface area contributed by atoms with E-state index in [-0.39, 0.29) is 0 Å². The van der Waals surface area contributed by atoms with Gasteiger partial charge in [0, 0.05) is 55.3 Å². The molecule has 4 heterocycles. The van der Waals surface area contributed by atoms with Crippen LogP contribution in [0.5, 0.6) is 0 Å². The maximum Gasteiger partial charge on any atom is 0.161 e. The largest absolute Gasteiger partial charge is 0.366 e. The minimum Gasteiger partial charge on any atom is -0.366 e. The molecule has 3 aromatic heterocycles. The smallest absolute Gasteiger partial charge is 0.161 e. The standard InChI is InChI=1S/C32H35BN6/c1-33-29-22-36-39-31(35-21-24-9-8-16-34-20-24)19-30(37-32(29)39)27-14-17-38(18-15-27)23-28(25-10-4-2-5-11-25)26-12-6-3-7-13-26/h2-13,16,19-20,22,27-28,33,35H,14-15,17-18,21,23H2,1H3. The van der Waals surface area contributed by atoms with E-state index in [1.165, 1.54) is 22.3 Å². The van der Waals surface area contributed by atoms with Gasteiger partial charge in [-0.15, -0.1) is 0 Å². The molecule has 0 spiro atoms. The van der Waals surface area contributed by atoms with E-state index in [0.717, 1.165) is 56.8 Å². The van der Waals surface area contributed by atoms with Crippen molar-refractivity contribution in [2.24, 2.45) is 0 Å². The molecule has 1 saturated heterocycles. The van der Waals surface area contributed by atoms with Crippen molar-refractivity contribution in [3.05, 3.63) is 120 Å². The number of pyridine rings is 1. The maximum atomic E-state index is 5.16. The highest BCUT2D eigenvalue weighted by Gasteiger charge is 2.26. The second kappa shape index (κ2) is 11.8. The molecule has 0 bridgehead atoms. The Morgan fingerprint density at radius 3 is 2.28 bits per heavy atom. The van der Waals surface area contributed by atoms with E-state index in [2.05, 4.69) is 99.9 Å². The second-order valence-corrected chi connectivity index (χ2v) is 10.5. The van der Waals surface area contributed by atoms with E-state index < -0.39 is 0 Å². The van der Waals surface area contributed by atoms with Gasteiger partial charge in [-0.2, -0.15) is 9.61 Å². The first-order chi connectivity index (χ1) is 19.3. The Balaban J connectivity index is 1.19. The zero-order chi connectivity index (χ0) is 26.4. The third-order valence-electron chi connectivity index (χ3n) is 7.99. The van der Waals surface area contributed by atoms with Gasteiger partial charge in [0.1, 0.15) is 5.82 Å². The number of piperidine rings is 1. The molecule has 0 saturated carbocycles. The van der Waals surface area contributed by atoms with Crippen molar-refractivity contribution in [1.29, 1.82) is 0 Å². The van der Waals surface area contributed by atoms with Gasteiger partial charge in [0.2, 0.25) is 0 Å². The van der Waals surface area contributed by atoms with E-state index in [4.69, 9.17) is 4.98 Å². The average molecular weight is 514 g/mol. The minimum absolute atomic E-state index is 0.376. The van der Waals surface area contributed by atoms with Crippen LogP contribution in [0, 0.1) is 0 Å². The second-order valence-electron chi connectivity index (χ2n) is 10.5. The maximum absolute atomic E-state index is 5.16. The fourth-order valence-corrected chi connectivity index (χ4v) is 5.75. The number of fused-ring (bicyclic) bond motifs is 1. The molecule has 0 atom stereocenters. The highest BCUT2D eigenvalue weighted by Crippen LogP contribution is 2.32. The molecule has 7 heteroatoms. The van der Waals surface area contributed by atoms with E-state index in [0.29, 0.717) is 18.4 Å². The van der Waals surface area contributed by atoms with Gasteiger partial charge in [0.05, 0.1) is 0 Å². The summed E-state index contributed by atoms with van der Waals surface area (Å²) in [5.74, 6) is 1.81. The van der Waals surface area contributed by atoms with Gasteiger partial charge in [-0.25, -0.2) is 4.98 Å². The molecular formula is C32H35BN6. The highest BCUT2D eigenvalue weighted by molar-refractivity contribution is 6.54. The molecule has 6 rings (SSSR count). The van der Waals surface area contributed by atoms with Gasteiger partial charge in [0.25, 0.3) is 0 Å². The van der Waals surface area contributed by atoms with Crippen molar-refractivity contribution < 1.29 is 0 Å². The van der Waals surface area contributed by atoms with E-state index in [1.54, 1.807) is 0 Å². The summed E-state index contributed by atoms with van der Waals surface area (Å²) < 4.78 is 1.96. The van der Waals surface area contributed by atoms with Crippen LogP contribution in [0.3, 0.4) is 0 Å². The number of anilines is 1. The summed E-state index contributed by atoms with van der Waals surface area (Å²) in [4.78, 5) is 12.0. The summed E-state index contributed by atoms with van der Waals surface area (Å²) in [6.45, 7) is 6.06. The van der Waals surface area contributed by atoms with Crippen LogP contribution in [0.25, 0.3) is 5.65 Å². The van der Waals surface area contributed by atoms with Gasteiger partial charge in [-0.3, -0.25) is 4.98 Å². The number of benzene rings is 2. The SMILES string of the molecule is CBc1cnn2c(NCc3cccnc3)cc(C3CCN(CC(c4ccccc4)c4ccccc4)CC3)nc12. The number of rotatable bonds is 9. The summed E-state index contributed by atoms with van der Waals surface area (Å²) in [7, 11) is 0.917. The Labute approximate surface area is 231 Å². The first-order valence-corrected chi connectivity index (χ1v) is 14.1. The van der Waals surface area contributed by atoms with Crippen molar-refractivity contribution in [2.45, 2.75) is 38.0 Å². The fraction of sp³-hybridized carbons (Fsp3) is 0.281. The quantitative estimate of drug-likeness (QED) is 0.285. The molecule has 5 aromatic rings. The lowest BCUT2D eigenvalue weighted by Gasteiger charge is -2.34. The minimum atomic E-state index is 0.376. The fourth-order valence-electron chi connectivity index (χ4n) is 5.75. The molecule has 1 fully saturated rings. The first kappa shape index (κ1) is 25.3. The zero-order valence-corrected chi connectivity index (χ0v) is 22.6. The normalized spacial score (nSPS) is 14.6. The third kappa shape index (κ3) is 5.74. The Morgan fingerprint density at radius 2 is 1.64 bits per heavy atom. The lowest BCUT2D eigenvalue weighted by Crippen LogP contribution is -2.36. The molecule has 2 aromatic carbocycles. The summed E-state index contributed by atoms with van der Waals surface area (Å²) in [6.07, 6.45) is 7.88. The molecule has 0 radical (unpaired) electrons. The molecule has 1 aliphatic rings. The molecule has 1 aliphatic heterocycles. The summed E-state index contributed by atoms with van der Waals surface area (Å²) in [5, 5.41) is 8.26. The monoisotopic (exact) mass is 514 g/mol. The lowest BCUT2D eigenvalue weighted by molar-refractivity contribution is 0.205. The van der Waals surface area contributed by atoms with Crippen molar-refractivity contribution in [3.63, 3.8) is 0 Å². The first-order valence-electron chi connectivity index (χ1n) is 14.1. The van der Waals surface area contributed by atoms with Crippen molar-refractivity contribution >= 4 is 24.2 Å². The van der Waals surface area contributed by atoms with Crippen molar-refractivity contribution in [3.8, 4) is 0 Å². The van der Waals surface area contributed by atoms with Crippen LogP contribution in [0.1, 0.15) is 47.1 Å². The van der Waals surface area contributed by atoms with Crippen LogP contribution < -0.4 is 10.8 Å². The van der Waals surface area contributed by atoms with Gasteiger partial charge < -0.3 is 10.2 Å². The molecule has 196 valence electrons. The number of hydrogen-bond donors (Lipinski definition) is 1. The van der Waals surface area contributed by atoms with Crippen LogP contribution in [0.4, 0.5) is 5.82 Å². The van der Waals surface area contributed by atoms with Crippen LogP contribution in [0.15, 0.2) is 97.5 Å². The average Bonchev–Trinajstić information content (AvgIpc) is 3.44. The van der Waals surface area contributed by atoms with Crippen LogP contribution in [-0.2, 0) is 6.54 Å². The topological polar surface area (TPSA) is 58.4 Å². The predicted molar refractivity (Wildman–Crippen MR) is 160 cm³/mol. The van der Waals surface area contributed by atoms with Crippen LogP contribution in [0.2, 0.25) is 6.82 Å². The zero-order valence-electron chi connectivity index (χ0n) is 22.6. The Hall–Kier alpha value is -3.97. The molecule has 0 aliphatic carbocycles. The van der Waals surface area contributed by atoms with Crippen molar-refractivity contribution in [1.82, 2.24) is 24.5 Å². The van der Waals surface area contributed by atoms with Crippen LogP contribution in [-0.4, -0.2) is 51.4 Å². The highest BCUT2D eigenvalue weighted by atomic mass is 15.3. The van der Waals surface area contributed by atoms with Gasteiger partial charge in [-0.05, 0) is 54.2 Å². The lowest BCUT2D eigenvalue weighted by atomic mass is 9.75. The molecule has 39 heavy (non-hydrogen) atoms. The number of nitrogens with one attached hydrogen (secondary N) is 1. The van der Waals surface area contributed by atoms with Crippen molar-refractivity contribution in [2.75, 3.05) is 25.0 Å². The predicted octanol–water partition coefficient (Wildman–Crippen LogP) is 4.86. The van der Waals surface area contributed by atoms with E-state index >= 15 is 0 Å². The molecular weight excluding hydrogens is 479 g/mol. The molecule has 6 nitrogen and oxygen atoms in total. The summed E-state index contributed by atoms with van der Waals surface area (Å²) in [5.41, 5.74) is 7.25. The molecule has 0 amide bonds. The van der Waals surface area contributed by atoms with Gasteiger partial charge in [-0.1, -0.05) is 73.6 Å². The van der Waals surface area contributed by atoms with Crippen LogP contribution >= 0.6 is 0 Å².